The minimum atomic E-state index is 0.0464. The van der Waals surface area contributed by atoms with Gasteiger partial charge in [0.2, 0.25) is 5.91 Å². The van der Waals surface area contributed by atoms with Gasteiger partial charge in [-0.15, -0.1) is 0 Å². The Hall–Kier alpha value is -1.26. The van der Waals surface area contributed by atoms with Crippen LogP contribution in [0.25, 0.3) is 0 Å². The molecule has 1 N–H and O–H groups in total. The normalized spacial score (nSPS) is 20.2. The predicted molar refractivity (Wildman–Crippen MR) is 96.9 cm³/mol. The number of nitrogens with zero attached hydrogens (tertiary/aromatic N) is 2. The minimum Gasteiger partial charge on any atom is -0.342 e. The number of amides is 3. The maximum Gasteiger partial charge on any atom is 0.317 e. The third-order valence-corrected chi connectivity index (χ3v) is 5.41. The zero-order valence-corrected chi connectivity index (χ0v) is 15.6. The van der Waals surface area contributed by atoms with Gasteiger partial charge in [0.1, 0.15) is 0 Å². The number of carbonyl (C=O) groups is 2. The van der Waals surface area contributed by atoms with Gasteiger partial charge < -0.3 is 15.1 Å². The molecule has 2 aliphatic rings. The first kappa shape index (κ1) is 19.1. The highest BCUT2D eigenvalue weighted by Gasteiger charge is 2.31. The number of nitrogens with one attached hydrogen (secondary N) is 1. The lowest BCUT2D eigenvalue weighted by Crippen LogP contribution is -2.49. The average molecular weight is 338 g/mol. The van der Waals surface area contributed by atoms with Gasteiger partial charge in [0, 0.05) is 38.1 Å². The third kappa shape index (κ3) is 5.67. The Balaban J connectivity index is 1.65. The molecule has 0 aromatic rings. The molecule has 0 aromatic heterocycles. The molecule has 5 heteroatoms. The van der Waals surface area contributed by atoms with Crippen LogP contribution in [-0.2, 0) is 4.79 Å². The second kappa shape index (κ2) is 9.90. The van der Waals surface area contributed by atoms with Crippen LogP contribution in [-0.4, -0.2) is 54.0 Å². The third-order valence-electron chi connectivity index (χ3n) is 5.41. The van der Waals surface area contributed by atoms with Crippen LogP contribution in [0, 0.1) is 5.92 Å². The highest BCUT2D eigenvalue weighted by molar-refractivity contribution is 5.80. The summed E-state index contributed by atoms with van der Waals surface area (Å²) in [6.07, 6.45) is 9.91. The van der Waals surface area contributed by atoms with E-state index in [1.165, 1.54) is 25.7 Å². The standard InChI is InChI=1S/C19H35N3O2/c1-3-4-5-6-9-16(2)20-19(24)22-14-10-17(11-15-22)18(23)21-12-7-8-13-21/h16-17H,3-15H2,1-2H3,(H,20,24). The van der Waals surface area contributed by atoms with Crippen molar-refractivity contribution < 1.29 is 9.59 Å². The quantitative estimate of drug-likeness (QED) is 0.724. The number of likely N-dealkylation sites (tertiary alicyclic amines) is 2. The lowest BCUT2D eigenvalue weighted by molar-refractivity contribution is -0.135. The minimum absolute atomic E-state index is 0.0464. The van der Waals surface area contributed by atoms with E-state index in [-0.39, 0.29) is 18.0 Å². The molecule has 2 aliphatic heterocycles. The summed E-state index contributed by atoms with van der Waals surface area (Å²) in [6, 6.07) is 0.281. The average Bonchev–Trinajstić information content (AvgIpc) is 3.13. The molecule has 1 unspecified atom stereocenters. The molecule has 2 rings (SSSR count). The zero-order valence-electron chi connectivity index (χ0n) is 15.6. The summed E-state index contributed by atoms with van der Waals surface area (Å²) in [4.78, 5) is 28.7. The van der Waals surface area contributed by atoms with E-state index in [1.54, 1.807) is 0 Å². The summed E-state index contributed by atoms with van der Waals surface area (Å²) in [5.41, 5.74) is 0. The molecule has 2 heterocycles. The van der Waals surface area contributed by atoms with Gasteiger partial charge in [-0.05, 0) is 39.0 Å². The number of piperidine rings is 1. The molecule has 0 spiro atoms. The monoisotopic (exact) mass is 337 g/mol. The van der Waals surface area contributed by atoms with E-state index in [4.69, 9.17) is 0 Å². The summed E-state index contributed by atoms with van der Waals surface area (Å²) in [7, 11) is 0. The van der Waals surface area contributed by atoms with Crippen molar-refractivity contribution in [3.05, 3.63) is 0 Å². The summed E-state index contributed by atoms with van der Waals surface area (Å²) >= 11 is 0. The van der Waals surface area contributed by atoms with E-state index in [1.807, 2.05) is 9.80 Å². The van der Waals surface area contributed by atoms with Crippen LogP contribution in [0.1, 0.15) is 71.6 Å². The lowest BCUT2D eigenvalue weighted by Gasteiger charge is -2.33. The molecule has 0 aliphatic carbocycles. The second-order valence-electron chi connectivity index (χ2n) is 7.49. The Morgan fingerprint density at radius 1 is 1.00 bits per heavy atom. The fourth-order valence-corrected chi connectivity index (χ4v) is 3.78. The number of unbranched alkanes of at least 4 members (excludes halogenated alkanes) is 3. The fourth-order valence-electron chi connectivity index (χ4n) is 3.78. The van der Waals surface area contributed by atoms with E-state index < -0.39 is 0 Å². The van der Waals surface area contributed by atoms with Crippen LogP contribution < -0.4 is 5.32 Å². The highest BCUT2D eigenvalue weighted by Crippen LogP contribution is 2.22. The van der Waals surface area contributed by atoms with Crippen molar-refractivity contribution >= 4 is 11.9 Å². The Bertz CT molecular complexity index is 399. The fraction of sp³-hybridized carbons (Fsp3) is 0.895. The summed E-state index contributed by atoms with van der Waals surface area (Å²) < 4.78 is 0. The molecule has 0 radical (unpaired) electrons. The first-order valence-electron chi connectivity index (χ1n) is 9.96. The van der Waals surface area contributed by atoms with E-state index in [2.05, 4.69) is 19.2 Å². The van der Waals surface area contributed by atoms with E-state index in [0.717, 1.165) is 45.2 Å². The molecule has 138 valence electrons. The highest BCUT2D eigenvalue weighted by atomic mass is 16.2. The predicted octanol–water partition coefficient (Wildman–Crippen LogP) is 3.39. The van der Waals surface area contributed by atoms with Crippen molar-refractivity contribution in [1.82, 2.24) is 15.1 Å². The second-order valence-corrected chi connectivity index (χ2v) is 7.49. The van der Waals surface area contributed by atoms with E-state index in [0.29, 0.717) is 19.0 Å². The Labute approximate surface area is 147 Å². The Morgan fingerprint density at radius 2 is 1.67 bits per heavy atom. The van der Waals surface area contributed by atoms with Crippen molar-refractivity contribution in [2.24, 2.45) is 5.92 Å². The molecule has 24 heavy (non-hydrogen) atoms. The lowest BCUT2D eigenvalue weighted by atomic mass is 9.95. The van der Waals surface area contributed by atoms with Gasteiger partial charge in [0.05, 0.1) is 0 Å². The van der Waals surface area contributed by atoms with Crippen LogP contribution >= 0.6 is 0 Å². The van der Waals surface area contributed by atoms with Crippen molar-refractivity contribution in [2.45, 2.75) is 77.7 Å². The van der Waals surface area contributed by atoms with Crippen LogP contribution in [0.2, 0.25) is 0 Å². The van der Waals surface area contributed by atoms with Gasteiger partial charge in [-0.2, -0.15) is 0 Å². The number of rotatable bonds is 7. The van der Waals surface area contributed by atoms with Crippen molar-refractivity contribution in [2.75, 3.05) is 26.2 Å². The van der Waals surface area contributed by atoms with Crippen LogP contribution in [0.4, 0.5) is 4.79 Å². The van der Waals surface area contributed by atoms with Crippen LogP contribution in [0.15, 0.2) is 0 Å². The maximum absolute atomic E-state index is 12.4. The number of carbonyl (C=O) groups excluding carboxylic acids is 2. The number of urea groups is 1. The smallest absolute Gasteiger partial charge is 0.317 e. The molecular formula is C19H35N3O2. The van der Waals surface area contributed by atoms with E-state index >= 15 is 0 Å². The van der Waals surface area contributed by atoms with Crippen molar-refractivity contribution in [3.8, 4) is 0 Å². The molecule has 3 amide bonds. The van der Waals surface area contributed by atoms with Gasteiger partial charge in [-0.3, -0.25) is 4.79 Å². The van der Waals surface area contributed by atoms with Gasteiger partial charge in [-0.1, -0.05) is 32.6 Å². The van der Waals surface area contributed by atoms with Crippen LogP contribution in [0.3, 0.4) is 0 Å². The first-order chi connectivity index (χ1) is 11.6. The van der Waals surface area contributed by atoms with Gasteiger partial charge in [0.15, 0.2) is 0 Å². The Kier molecular flexibility index (Phi) is 7.86. The van der Waals surface area contributed by atoms with Gasteiger partial charge in [0.25, 0.3) is 0 Å². The molecule has 0 bridgehead atoms. The summed E-state index contributed by atoms with van der Waals surface area (Å²) in [5.74, 6) is 0.440. The zero-order chi connectivity index (χ0) is 17.4. The first-order valence-corrected chi connectivity index (χ1v) is 9.96. The largest absolute Gasteiger partial charge is 0.342 e. The van der Waals surface area contributed by atoms with Crippen LogP contribution in [0.5, 0.6) is 0 Å². The molecule has 0 aromatic carbocycles. The van der Waals surface area contributed by atoms with Gasteiger partial charge >= 0.3 is 6.03 Å². The summed E-state index contributed by atoms with van der Waals surface area (Å²) in [5, 5.41) is 3.12. The summed E-state index contributed by atoms with van der Waals surface area (Å²) in [6.45, 7) is 7.57. The molecule has 0 saturated carbocycles. The molecule has 2 fully saturated rings. The molecule has 1 atom stereocenters. The molecular weight excluding hydrogens is 302 g/mol. The van der Waals surface area contributed by atoms with E-state index in [9.17, 15) is 9.59 Å². The molecule has 2 saturated heterocycles. The van der Waals surface area contributed by atoms with Crippen molar-refractivity contribution in [3.63, 3.8) is 0 Å². The molecule has 5 nitrogen and oxygen atoms in total. The SMILES string of the molecule is CCCCCCC(C)NC(=O)N1CCC(C(=O)N2CCCC2)CC1. The number of hydrogen-bond donors (Lipinski definition) is 1. The van der Waals surface area contributed by atoms with Crippen molar-refractivity contribution in [1.29, 1.82) is 0 Å². The maximum atomic E-state index is 12.4. The Morgan fingerprint density at radius 3 is 2.29 bits per heavy atom. The topological polar surface area (TPSA) is 52.7 Å². The van der Waals surface area contributed by atoms with Gasteiger partial charge in [-0.25, -0.2) is 4.79 Å². The number of hydrogen-bond acceptors (Lipinski definition) is 2.